The van der Waals surface area contributed by atoms with Crippen LogP contribution in [0.2, 0.25) is 0 Å². The van der Waals surface area contributed by atoms with E-state index in [9.17, 15) is 13.2 Å². The molecule has 1 fully saturated rings. The number of carbonyl (C=O) groups is 1. The number of hydrogen-bond donors (Lipinski definition) is 3. The van der Waals surface area contributed by atoms with E-state index in [0.29, 0.717) is 6.42 Å². The van der Waals surface area contributed by atoms with Crippen molar-refractivity contribution in [1.82, 2.24) is 4.72 Å². The van der Waals surface area contributed by atoms with Crippen LogP contribution in [0.4, 0.5) is 0 Å². The summed E-state index contributed by atoms with van der Waals surface area (Å²) in [6.07, 6.45) is 2.30. The van der Waals surface area contributed by atoms with Gasteiger partial charge in [-0.3, -0.25) is 4.79 Å². The molecule has 1 unspecified atom stereocenters. The molecular weight excluding hydrogens is 234 g/mol. The number of rotatable bonds is 7. The highest BCUT2D eigenvalue weighted by molar-refractivity contribution is 7.90. The van der Waals surface area contributed by atoms with Crippen molar-refractivity contribution >= 4 is 16.0 Å². The Morgan fingerprint density at radius 1 is 1.50 bits per heavy atom. The van der Waals surface area contributed by atoms with E-state index < -0.39 is 21.2 Å². The predicted molar refractivity (Wildman–Crippen MR) is 57.4 cm³/mol. The van der Waals surface area contributed by atoms with Gasteiger partial charge < -0.3 is 10.2 Å². The average Bonchev–Trinajstić information content (AvgIpc) is 2.95. The van der Waals surface area contributed by atoms with Gasteiger partial charge in [0.1, 0.15) is 0 Å². The number of carboxylic acid groups (broad SMARTS) is 1. The molecule has 0 amide bonds. The van der Waals surface area contributed by atoms with Gasteiger partial charge in [-0.25, -0.2) is 13.1 Å². The number of sulfonamides is 1. The third-order valence-corrected chi connectivity index (χ3v) is 4.74. The van der Waals surface area contributed by atoms with E-state index in [1.165, 1.54) is 0 Å². The Morgan fingerprint density at radius 3 is 2.44 bits per heavy atom. The van der Waals surface area contributed by atoms with Crippen molar-refractivity contribution in [3.05, 3.63) is 0 Å². The van der Waals surface area contributed by atoms with E-state index >= 15 is 0 Å². The zero-order valence-electron chi connectivity index (χ0n) is 9.14. The lowest BCUT2D eigenvalue weighted by Gasteiger charge is -2.16. The van der Waals surface area contributed by atoms with Crippen LogP contribution in [0.15, 0.2) is 0 Å². The fraction of sp³-hybridized carbons (Fsp3) is 0.889. The lowest BCUT2D eigenvalue weighted by Crippen LogP contribution is -2.40. The molecular formula is C9H17NO5S. The van der Waals surface area contributed by atoms with Crippen LogP contribution in [-0.2, 0) is 14.8 Å². The van der Waals surface area contributed by atoms with Crippen molar-refractivity contribution in [3.8, 4) is 0 Å². The Balaban J connectivity index is 2.52. The molecule has 7 heteroatoms. The molecule has 1 rings (SSSR count). The van der Waals surface area contributed by atoms with Gasteiger partial charge in [0, 0.05) is 13.2 Å². The third-order valence-electron chi connectivity index (χ3n) is 3.06. The van der Waals surface area contributed by atoms with E-state index in [1.807, 2.05) is 0 Å². The standard InChI is InChI=1S/C9H17NO5S/c1-7(8(12)13)16(14,15)10-6-9(2-3-9)4-5-11/h7,10-11H,2-6H2,1H3,(H,12,13). The van der Waals surface area contributed by atoms with Crippen molar-refractivity contribution in [1.29, 1.82) is 0 Å². The minimum Gasteiger partial charge on any atom is -0.480 e. The number of aliphatic carboxylic acids is 1. The normalized spacial score (nSPS) is 20.4. The monoisotopic (exact) mass is 251 g/mol. The van der Waals surface area contributed by atoms with Crippen molar-refractivity contribution < 1.29 is 23.4 Å². The Kier molecular flexibility index (Phi) is 3.92. The molecule has 1 atom stereocenters. The van der Waals surface area contributed by atoms with Crippen LogP contribution >= 0.6 is 0 Å². The summed E-state index contributed by atoms with van der Waals surface area (Å²) in [6.45, 7) is 1.38. The molecule has 1 aliphatic rings. The molecule has 16 heavy (non-hydrogen) atoms. The highest BCUT2D eigenvalue weighted by atomic mass is 32.2. The number of hydrogen-bond acceptors (Lipinski definition) is 4. The summed E-state index contributed by atoms with van der Waals surface area (Å²) in [5, 5.41) is 16.0. The molecule has 1 saturated carbocycles. The highest BCUT2D eigenvalue weighted by Crippen LogP contribution is 2.48. The van der Waals surface area contributed by atoms with E-state index in [-0.39, 0.29) is 18.6 Å². The summed E-state index contributed by atoms with van der Waals surface area (Å²) in [7, 11) is -3.80. The van der Waals surface area contributed by atoms with Crippen LogP contribution in [0.1, 0.15) is 26.2 Å². The van der Waals surface area contributed by atoms with Gasteiger partial charge in [0.05, 0.1) is 0 Å². The second-order valence-corrected chi connectivity index (χ2v) is 6.41. The van der Waals surface area contributed by atoms with E-state index in [1.54, 1.807) is 0 Å². The van der Waals surface area contributed by atoms with Crippen LogP contribution in [0.5, 0.6) is 0 Å². The van der Waals surface area contributed by atoms with Crippen molar-refractivity contribution in [2.75, 3.05) is 13.2 Å². The molecule has 3 N–H and O–H groups in total. The fourth-order valence-corrected chi connectivity index (χ4v) is 2.46. The molecule has 0 aromatic carbocycles. The second kappa shape index (κ2) is 4.68. The summed E-state index contributed by atoms with van der Waals surface area (Å²) in [5.74, 6) is -1.36. The number of carboxylic acids is 1. The number of nitrogens with one attached hydrogen (secondary N) is 1. The maximum Gasteiger partial charge on any atom is 0.323 e. The first-order valence-electron chi connectivity index (χ1n) is 5.15. The minimum absolute atomic E-state index is 0.0240. The quantitative estimate of drug-likeness (QED) is 0.568. The van der Waals surface area contributed by atoms with E-state index in [0.717, 1.165) is 19.8 Å². The molecule has 0 heterocycles. The molecule has 0 radical (unpaired) electrons. The Bertz CT molecular complexity index is 360. The van der Waals surface area contributed by atoms with Crippen LogP contribution in [0, 0.1) is 5.41 Å². The fourth-order valence-electron chi connectivity index (χ4n) is 1.44. The maximum atomic E-state index is 11.5. The lowest BCUT2D eigenvalue weighted by molar-refractivity contribution is -0.136. The van der Waals surface area contributed by atoms with Crippen LogP contribution in [-0.4, -0.2) is 43.0 Å². The SMILES string of the molecule is CC(C(=O)O)S(=O)(=O)NCC1(CCO)CC1. The first-order valence-corrected chi connectivity index (χ1v) is 6.70. The van der Waals surface area contributed by atoms with Crippen molar-refractivity contribution in [3.63, 3.8) is 0 Å². The molecule has 6 nitrogen and oxygen atoms in total. The summed E-state index contributed by atoms with van der Waals surface area (Å²) in [6, 6.07) is 0. The lowest BCUT2D eigenvalue weighted by atomic mass is 10.0. The van der Waals surface area contributed by atoms with Gasteiger partial charge in [0.2, 0.25) is 10.0 Å². The zero-order chi connectivity index (χ0) is 12.4. The van der Waals surface area contributed by atoms with Gasteiger partial charge in [-0.05, 0) is 31.6 Å². The number of aliphatic hydroxyl groups excluding tert-OH is 1. The Morgan fingerprint density at radius 2 is 2.06 bits per heavy atom. The first kappa shape index (κ1) is 13.4. The van der Waals surface area contributed by atoms with Crippen molar-refractivity contribution in [2.45, 2.75) is 31.4 Å². The summed E-state index contributed by atoms with van der Waals surface area (Å²) >= 11 is 0. The van der Waals surface area contributed by atoms with Gasteiger partial charge in [-0.15, -0.1) is 0 Å². The summed E-state index contributed by atoms with van der Waals surface area (Å²) in [5.41, 5.74) is -0.153. The first-order chi connectivity index (χ1) is 7.33. The predicted octanol–water partition coefficient (Wildman–Crippen LogP) is -0.459. The third kappa shape index (κ3) is 3.16. The van der Waals surface area contributed by atoms with Gasteiger partial charge in [-0.1, -0.05) is 0 Å². The molecule has 0 spiro atoms. The summed E-state index contributed by atoms with van der Waals surface area (Å²) < 4.78 is 25.3. The largest absolute Gasteiger partial charge is 0.480 e. The van der Waals surface area contributed by atoms with Crippen LogP contribution in [0.25, 0.3) is 0 Å². The second-order valence-electron chi connectivity index (χ2n) is 4.32. The van der Waals surface area contributed by atoms with Crippen molar-refractivity contribution in [2.24, 2.45) is 5.41 Å². The zero-order valence-corrected chi connectivity index (χ0v) is 9.96. The molecule has 0 aromatic rings. The molecule has 0 aromatic heterocycles. The molecule has 0 bridgehead atoms. The van der Waals surface area contributed by atoms with Gasteiger partial charge in [0.15, 0.2) is 5.25 Å². The molecule has 0 aliphatic heterocycles. The van der Waals surface area contributed by atoms with Gasteiger partial charge >= 0.3 is 5.97 Å². The Hall–Kier alpha value is -0.660. The van der Waals surface area contributed by atoms with Crippen LogP contribution < -0.4 is 4.72 Å². The Labute approximate surface area is 94.7 Å². The van der Waals surface area contributed by atoms with E-state index in [4.69, 9.17) is 10.2 Å². The average molecular weight is 251 g/mol. The van der Waals surface area contributed by atoms with Gasteiger partial charge in [-0.2, -0.15) is 0 Å². The maximum absolute atomic E-state index is 11.5. The van der Waals surface area contributed by atoms with Gasteiger partial charge in [0.25, 0.3) is 0 Å². The minimum atomic E-state index is -3.80. The summed E-state index contributed by atoms with van der Waals surface area (Å²) in [4.78, 5) is 10.6. The van der Waals surface area contributed by atoms with Crippen LogP contribution in [0.3, 0.4) is 0 Å². The molecule has 94 valence electrons. The highest BCUT2D eigenvalue weighted by Gasteiger charge is 2.43. The molecule has 1 aliphatic carbocycles. The number of aliphatic hydroxyl groups is 1. The smallest absolute Gasteiger partial charge is 0.323 e. The molecule has 0 saturated heterocycles. The topological polar surface area (TPSA) is 104 Å². The van der Waals surface area contributed by atoms with E-state index in [2.05, 4.69) is 4.72 Å².